The Labute approximate surface area is 104 Å². The van der Waals surface area contributed by atoms with E-state index in [9.17, 15) is 18.5 Å². The average Bonchev–Trinajstić information content (AvgIpc) is 2.35. The summed E-state index contributed by atoms with van der Waals surface area (Å²) in [5.74, 6) is -0.115. The maximum atomic E-state index is 11.7. The van der Waals surface area contributed by atoms with Gasteiger partial charge in [0.05, 0.1) is 16.9 Å². The number of nitrogens with two attached hydrogens (primary N) is 1. The van der Waals surface area contributed by atoms with E-state index < -0.39 is 14.9 Å². The molecule has 9 heteroatoms. The second-order valence-corrected chi connectivity index (χ2v) is 5.04. The van der Waals surface area contributed by atoms with E-state index in [0.717, 1.165) is 18.2 Å². The number of methoxy groups -OCH3 is 1. The Kier molecular flexibility index (Phi) is 4.59. The third-order valence-electron chi connectivity index (χ3n) is 2.09. The Morgan fingerprint density at radius 3 is 2.67 bits per heavy atom. The molecule has 0 aliphatic heterocycles. The van der Waals surface area contributed by atoms with Crippen molar-refractivity contribution in [3.05, 3.63) is 28.3 Å². The van der Waals surface area contributed by atoms with Crippen LogP contribution in [0.15, 0.2) is 23.1 Å². The van der Waals surface area contributed by atoms with E-state index in [1.165, 1.54) is 7.11 Å². The van der Waals surface area contributed by atoms with Crippen LogP contribution in [-0.4, -0.2) is 33.5 Å². The fourth-order valence-electron chi connectivity index (χ4n) is 1.25. The Morgan fingerprint density at radius 1 is 1.50 bits per heavy atom. The molecule has 0 amide bonds. The molecular formula is C9H13N3O5S. The Morgan fingerprint density at radius 2 is 2.17 bits per heavy atom. The summed E-state index contributed by atoms with van der Waals surface area (Å²) >= 11 is 0. The number of hydrogen-bond acceptors (Lipinski definition) is 6. The van der Waals surface area contributed by atoms with Crippen molar-refractivity contribution in [1.82, 2.24) is 4.72 Å². The van der Waals surface area contributed by atoms with Crippen LogP contribution in [0.5, 0.6) is 5.75 Å². The maximum absolute atomic E-state index is 11.7. The Balaban J connectivity index is 3.17. The summed E-state index contributed by atoms with van der Waals surface area (Å²) in [4.78, 5) is 9.89. The first kappa shape index (κ1) is 14.4. The molecule has 18 heavy (non-hydrogen) atoms. The van der Waals surface area contributed by atoms with Gasteiger partial charge in [-0.05, 0) is 6.07 Å². The zero-order valence-corrected chi connectivity index (χ0v) is 10.4. The molecule has 0 aliphatic carbocycles. The number of hydrogen-bond donors (Lipinski definition) is 2. The number of sulfonamides is 1. The van der Waals surface area contributed by atoms with Crippen LogP contribution in [0.4, 0.5) is 5.69 Å². The molecule has 3 N–H and O–H groups in total. The monoisotopic (exact) mass is 275 g/mol. The van der Waals surface area contributed by atoms with Crippen LogP contribution in [0, 0.1) is 10.1 Å². The van der Waals surface area contributed by atoms with Crippen molar-refractivity contribution < 1.29 is 18.1 Å². The summed E-state index contributed by atoms with van der Waals surface area (Å²) in [6, 6.07) is 3.31. The highest BCUT2D eigenvalue weighted by molar-refractivity contribution is 7.89. The topological polar surface area (TPSA) is 125 Å². The third-order valence-corrected chi connectivity index (χ3v) is 3.55. The van der Waals surface area contributed by atoms with Gasteiger partial charge in [-0.3, -0.25) is 10.1 Å². The molecule has 0 heterocycles. The van der Waals surface area contributed by atoms with Crippen LogP contribution in [0.25, 0.3) is 0 Å². The lowest BCUT2D eigenvalue weighted by Crippen LogP contribution is -2.29. The SMILES string of the molecule is COc1cc(S(=O)(=O)NCCN)ccc1[N+](=O)[O-]. The fraction of sp³-hybridized carbons (Fsp3) is 0.333. The van der Waals surface area contributed by atoms with Crippen LogP contribution in [0.2, 0.25) is 0 Å². The number of nitrogens with zero attached hydrogens (tertiary/aromatic N) is 1. The van der Waals surface area contributed by atoms with Crippen molar-refractivity contribution in [3.63, 3.8) is 0 Å². The van der Waals surface area contributed by atoms with Gasteiger partial charge in [0.15, 0.2) is 5.75 Å². The van der Waals surface area contributed by atoms with Crippen molar-refractivity contribution >= 4 is 15.7 Å². The molecule has 0 saturated heterocycles. The van der Waals surface area contributed by atoms with E-state index in [4.69, 9.17) is 10.5 Å². The Bertz CT molecular complexity index is 543. The first-order valence-corrected chi connectivity index (χ1v) is 6.43. The average molecular weight is 275 g/mol. The van der Waals surface area contributed by atoms with E-state index in [1.54, 1.807) is 0 Å². The van der Waals surface area contributed by atoms with Gasteiger partial charge in [0.1, 0.15) is 0 Å². The minimum atomic E-state index is -3.73. The molecule has 0 radical (unpaired) electrons. The minimum Gasteiger partial charge on any atom is -0.490 e. The van der Waals surface area contributed by atoms with E-state index in [0.29, 0.717) is 0 Å². The minimum absolute atomic E-state index is 0.0850. The van der Waals surface area contributed by atoms with Gasteiger partial charge >= 0.3 is 5.69 Å². The number of nitro benzene ring substituents is 1. The largest absolute Gasteiger partial charge is 0.490 e. The summed E-state index contributed by atoms with van der Waals surface area (Å²) in [5, 5.41) is 10.7. The van der Waals surface area contributed by atoms with Gasteiger partial charge in [0.2, 0.25) is 10.0 Å². The van der Waals surface area contributed by atoms with Crippen LogP contribution < -0.4 is 15.2 Å². The lowest BCUT2D eigenvalue weighted by molar-refractivity contribution is -0.385. The second kappa shape index (κ2) is 5.76. The summed E-state index contributed by atoms with van der Waals surface area (Å²) in [6.45, 7) is 0.241. The standard InChI is InChI=1S/C9H13N3O5S/c1-17-9-6-7(2-3-8(9)12(13)14)18(15,16)11-5-4-10/h2-3,6,11H,4-5,10H2,1H3. The molecule has 0 bridgehead atoms. The number of ether oxygens (including phenoxy) is 1. The molecule has 0 aromatic heterocycles. The lowest BCUT2D eigenvalue weighted by Gasteiger charge is -2.07. The molecule has 1 rings (SSSR count). The summed E-state index contributed by atoms with van der Waals surface area (Å²) in [7, 11) is -2.50. The molecule has 0 unspecified atom stereocenters. The van der Waals surface area contributed by atoms with Gasteiger partial charge in [-0.25, -0.2) is 13.1 Å². The molecule has 0 saturated carbocycles. The first-order chi connectivity index (χ1) is 8.42. The van der Waals surface area contributed by atoms with Gasteiger partial charge in [-0.2, -0.15) is 0 Å². The van der Waals surface area contributed by atoms with Crippen LogP contribution in [0.1, 0.15) is 0 Å². The van der Waals surface area contributed by atoms with E-state index in [-0.39, 0.29) is 29.4 Å². The molecule has 8 nitrogen and oxygen atoms in total. The van der Waals surface area contributed by atoms with Crippen molar-refractivity contribution in [1.29, 1.82) is 0 Å². The van der Waals surface area contributed by atoms with Gasteiger partial charge in [-0.15, -0.1) is 0 Å². The normalized spacial score (nSPS) is 11.2. The van der Waals surface area contributed by atoms with Gasteiger partial charge in [0, 0.05) is 25.2 Å². The third kappa shape index (κ3) is 3.15. The van der Waals surface area contributed by atoms with Crippen LogP contribution in [0.3, 0.4) is 0 Å². The molecule has 0 aliphatic rings. The number of rotatable bonds is 6. The lowest BCUT2D eigenvalue weighted by atomic mass is 10.3. The quantitative estimate of drug-likeness (QED) is 0.549. The maximum Gasteiger partial charge on any atom is 0.310 e. The molecule has 1 aromatic carbocycles. The summed E-state index contributed by atoms with van der Waals surface area (Å²) < 4.78 is 30.5. The molecular weight excluding hydrogens is 262 g/mol. The van der Waals surface area contributed by atoms with Crippen molar-refractivity contribution in [2.75, 3.05) is 20.2 Å². The predicted octanol–water partition coefficient (Wildman–Crippen LogP) is -0.160. The van der Waals surface area contributed by atoms with Crippen molar-refractivity contribution in [3.8, 4) is 5.75 Å². The van der Waals surface area contributed by atoms with Gasteiger partial charge in [0.25, 0.3) is 0 Å². The molecule has 1 aromatic rings. The summed E-state index contributed by atoms with van der Waals surface area (Å²) in [6.07, 6.45) is 0. The molecule has 0 fully saturated rings. The highest BCUT2D eigenvalue weighted by Gasteiger charge is 2.20. The highest BCUT2D eigenvalue weighted by atomic mass is 32.2. The highest BCUT2D eigenvalue weighted by Crippen LogP contribution is 2.29. The first-order valence-electron chi connectivity index (χ1n) is 4.94. The smallest absolute Gasteiger partial charge is 0.310 e. The van der Waals surface area contributed by atoms with Crippen LogP contribution >= 0.6 is 0 Å². The van der Waals surface area contributed by atoms with Crippen LogP contribution in [-0.2, 0) is 10.0 Å². The zero-order chi connectivity index (χ0) is 13.8. The second-order valence-electron chi connectivity index (χ2n) is 3.28. The van der Waals surface area contributed by atoms with Gasteiger partial charge in [-0.1, -0.05) is 0 Å². The van der Waals surface area contributed by atoms with E-state index in [1.807, 2.05) is 0 Å². The summed E-state index contributed by atoms with van der Waals surface area (Å²) in [5.41, 5.74) is 4.90. The number of benzene rings is 1. The molecule has 0 spiro atoms. The number of nitro groups is 1. The molecule has 0 atom stereocenters. The predicted molar refractivity (Wildman–Crippen MR) is 63.9 cm³/mol. The Hall–Kier alpha value is -1.71. The molecule has 100 valence electrons. The van der Waals surface area contributed by atoms with E-state index in [2.05, 4.69) is 4.72 Å². The number of nitrogens with one attached hydrogen (secondary N) is 1. The zero-order valence-electron chi connectivity index (χ0n) is 9.62. The van der Waals surface area contributed by atoms with Crippen molar-refractivity contribution in [2.24, 2.45) is 5.73 Å². The van der Waals surface area contributed by atoms with E-state index >= 15 is 0 Å². The van der Waals surface area contributed by atoms with Gasteiger partial charge < -0.3 is 10.5 Å². The van der Waals surface area contributed by atoms with Crippen molar-refractivity contribution in [2.45, 2.75) is 4.90 Å². The fourth-order valence-corrected chi connectivity index (χ4v) is 2.32.